The highest BCUT2D eigenvalue weighted by atomic mass is 16.5. The van der Waals surface area contributed by atoms with Crippen molar-refractivity contribution in [2.45, 2.75) is 0 Å². The van der Waals surface area contributed by atoms with Gasteiger partial charge in [-0.1, -0.05) is 48.5 Å². The fourth-order valence-electron chi connectivity index (χ4n) is 2.87. The van der Waals surface area contributed by atoms with Crippen LogP contribution in [0.2, 0.25) is 0 Å². The Morgan fingerprint density at radius 3 is 2.04 bits per heavy atom. The quantitative estimate of drug-likeness (QED) is 0.406. The van der Waals surface area contributed by atoms with Crippen molar-refractivity contribution in [2.24, 2.45) is 0 Å². The molecular weight excluding hydrogens is 326 g/mol. The smallest absolute Gasteiger partial charge is 0.343 e. The Balaban J connectivity index is 1.76. The average Bonchev–Trinajstić information content (AvgIpc) is 3.14. The van der Waals surface area contributed by atoms with Gasteiger partial charge in [-0.05, 0) is 36.4 Å². The van der Waals surface area contributed by atoms with E-state index < -0.39 is 5.97 Å². The van der Waals surface area contributed by atoms with E-state index in [0.29, 0.717) is 22.4 Å². The molecule has 0 spiro atoms. The van der Waals surface area contributed by atoms with Crippen molar-refractivity contribution in [3.63, 3.8) is 0 Å². The lowest BCUT2D eigenvalue weighted by molar-refractivity contribution is 0.0735. The van der Waals surface area contributed by atoms with Crippen LogP contribution in [0.4, 0.5) is 0 Å². The number of ether oxygens (including phenoxy) is 1. The van der Waals surface area contributed by atoms with E-state index in [9.17, 15) is 9.59 Å². The van der Waals surface area contributed by atoms with Crippen LogP contribution in [-0.4, -0.2) is 16.4 Å². The van der Waals surface area contributed by atoms with Crippen LogP contribution in [0.5, 0.6) is 5.75 Å². The highest BCUT2D eigenvalue weighted by molar-refractivity contribution is 6.04. The van der Waals surface area contributed by atoms with E-state index >= 15 is 0 Å². The molecule has 4 nitrogen and oxygen atoms in total. The zero-order chi connectivity index (χ0) is 17.9. The Morgan fingerprint density at radius 2 is 1.35 bits per heavy atom. The molecule has 0 fully saturated rings. The number of hydrogen-bond donors (Lipinski definition) is 0. The second-order valence-corrected chi connectivity index (χ2v) is 5.81. The van der Waals surface area contributed by atoms with Gasteiger partial charge in [-0.2, -0.15) is 0 Å². The normalized spacial score (nSPS) is 10.6. The molecule has 0 saturated heterocycles. The van der Waals surface area contributed by atoms with Crippen LogP contribution in [0.15, 0.2) is 91.1 Å². The molecule has 0 atom stereocenters. The van der Waals surface area contributed by atoms with Crippen molar-refractivity contribution in [1.82, 2.24) is 4.57 Å². The molecular formula is C22H15NO3. The number of aromatic nitrogens is 1. The lowest BCUT2D eigenvalue weighted by Gasteiger charge is -2.10. The molecule has 4 heteroatoms. The van der Waals surface area contributed by atoms with Gasteiger partial charge >= 0.3 is 5.97 Å². The summed E-state index contributed by atoms with van der Waals surface area (Å²) in [6, 6.07) is 25.0. The maximum Gasteiger partial charge on any atom is 0.343 e. The van der Waals surface area contributed by atoms with Crippen molar-refractivity contribution < 1.29 is 14.3 Å². The molecule has 1 aromatic heterocycles. The maximum atomic E-state index is 12.9. The molecule has 1 heterocycles. The third kappa shape index (κ3) is 2.89. The fraction of sp³-hybridized carbons (Fsp3) is 0. The first-order chi connectivity index (χ1) is 12.7. The third-order valence-electron chi connectivity index (χ3n) is 4.13. The van der Waals surface area contributed by atoms with Crippen LogP contribution in [-0.2, 0) is 0 Å². The highest BCUT2D eigenvalue weighted by Gasteiger charge is 2.17. The molecule has 0 aliphatic carbocycles. The first-order valence-electron chi connectivity index (χ1n) is 8.21. The first kappa shape index (κ1) is 15.8. The third-order valence-corrected chi connectivity index (χ3v) is 4.13. The minimum atomic E-state index is -0.460. The summed E-state index contributed by atoms with van der Waals surface area (Å²) in [7, 11) is 0. The second kappa shape index (κ2) is 6.69. The summed E-state index contributed by atoms with van der Waals surface area (Å²) < 4.78 is 7.10. The largest absolute Gasteiger partial charge is 0.421 e. The van der Waals surface area contributed by atoms with Gasteiger partial charge in [-0.3, -0.25) is 9.36 Å². The van der Waals surface area contributed by atoms with Crippen molar-refractivity contribution in [2.75, 3.05) is 0 Å². The van der Waals surface area contributed by atoms with E-state index in [-0.39, 0.29) is 5.91 Å². The van der Waals surface area contributed by atoms with Gasteiger partial charge in [0.1, 0.15) is 0 Å². The predicted octanol–water partition coefficient (Wildman–Crippen LogP) is 4.55. The Bertz CT molecular complexity index is 1080. The van der Waals surface area contributed by atoms with Gasteiger partial charge in [0.15, 0.2) is 5.75 Å². The van der Waals surface area contributed by atoms with Gasteiger partial charge in [-0.25, -0.2) is 4.79 Å². The summed E-state index contributed by atoms with van der Waals surface area (Å²) in [5.41, 5.74) is 1.59. The van der Waals surface area contributed by atoms with Crippen LogP contribution < -0.4 is 4.74 Å². The van der Waals surface area contributed by atoms with Crippen molar-refractivity contribution in [1.29, 1.82) is 0 Å². The van der Waals surface area contributed by atoms with E-state index in [2.05, 4.69) is 0 Å². The summed E-state index contributed by atoms with van der Waals surface area (Å²) in [5.74, 6) is -0.285. The SMILES string of the molecule is O=C(Oc1cccc2ccn(C(=O)c3ccccc3)c12)c1ccccc1. The van der Waals surface area contributed by atoms with Crippen LogP contribution >= 0.6 is 0 Å². The number of para-hydroxylation sites is 1. The minimum Gasteiger partial charge on any atom is -0.421 e. The Labute approximate surface area is 150 Å². The molecule has 0 aliphatic rings. The zero-order valence-corrected chi connectivity index (χ0v) is 13.8. The Hall–Kier alpha value is -3.66. The van der Waals surface area contributed by atoms with E-state index in [4.69, 9.17) is 4.74 Å². The summed E-state index contributed by atoms with van der Waals surface area (Å²) >= 11 is 0. The number of carbonyl (C=O) groups is 2. The van der Waals surface area contributed by atoms with Gasteiger partial charge in [0.2, 0.25) is 0 Å². The van der Waals surface area contributed by atoms with E-state index in [1.54, 1.807) is 54.7 Å². The zero-order valence-electron chi connectivity index (χ0n) is 13.8. The molecule has 0 saturated carbocycles. The van der Waals surface area contributed by atoms with E-state index in [1.165, 1.54) is 4.57 Å². The van der Waals surface area contributed by atoms with Gasteiger partial charge in [0, 0.05) is 17.1 Å². The maximum absolute atomic E-state index is 12.9. The van der Waals surface area contributed by atoms with Gasteiger partial charge in [0.05, 0.1) is 11.1 Å². The molecule has 0 amide bonds. The Kier molecular flexibility index (Phi) is 4.07. The minimum absolute atomic E-state index is 0.177. The molecule has 126 valence electrons. The van der Waals surface area contributed by atoms with Crippen molar-refractivity contribution in [3.8, 4) is 5.75 Å². The lowest BCUT2D eigenvalue weighted by Crippen LogP contribution is -2.13. The number of carbonyl (C=O) groups excluding carboxylic acids is 2. The first-order valence-corrected chi connectivity index (χ1v) is 8.21. The molecule has 26 heavy (non-hydrogen) atoms. The number of nitrogens with zero attached hydrogens (tertiary/aromatic N) is 1. The van der Waals surface area contributed by atoms with E-state index in [1.807, 2.05) is 36.4 Å². The number of hydrogen-bond acceptors (Lipinski definition) is 3. The van der Waals surface area contributed by atoms with Crippen LogP contribution in [0.3, 0.4) is 0 Å². The van der Waals surface area contributed by atoms with Crippen LogP contribution in [0, 0.1) is 0 Å². The standard InChI is InChI=1S/C22H15NO3/c24-21(17-8-3-1-4-9-17)23-15-14-16-12-7-13-19(20(16)23)26-22(25)18-10-5-2-6-11-18/h1-15H. The van der Waals surface area contributed by atoms with Crippen molar-refractivity contribution >= 4 is 22.8 Å². The topological polar surface area (TPSA) is 48.3 Å². The lowest BCUT2D eigenvalue weighted by atomic mass is 10.2. The molecule has 0 aliphatic heterocycles. The van der Waals surface area contributed by atoms with Gasteiger partial charge < -0.3 is 4.74 Å². The van der Waals surface area contributed by atoms with Crippen molar-refractivity contribution in [3.05, 3.63) is 102 Å². The van der Waals surface area contributed by atoms with Crippen LogP contribution in [0.25, 0.3) is 10.9 Å². The highest BCUT2D eigenvalue weighted by Crippen LogP contribution is 2.28. The van der Waals surface area contributed by atoms with E-state index in [0.717, 1.165) is 5.39 Å². The molecule has 0 bridgehead atoms. The number of fused-ring (bicyclic) bond motifs is 1. The molecule has 4 aromatic rings. The summed E-state index contributed by atoms with van der Waals surface area (Å²) in [6.45, 7) is 0. The van der Waals surface area contributed by atoms with Gasteiger partial charge in [-0.15, -0.1) is 0 Å². The number of esters is 1. The fourth-order valence-corrected chi connectivity index (χ4v) is 2.87. The monoisotopic (exact) mass is 341 g/mol. The number of benzene rings is 3. The average molecular weight is 341 g/mol. The molecule has 0 radical (unpaired) electrons. The van der Waals surface area contributed by atoms with Gasteiger partial charge in [0.25, 0.3) is 5.91 Å². The van der Waals surface area contributed by atoms with Crippen LogP contribution in [0.1, 0.15) is 20.7 Å². The summed E-state index contributed by atoms with van der Waals surface area (Å²) in [4.78, 5) is 25.3. The second-order valence-electron chi connectivity index (χ2n) is 5.81. The summed E-state index contributed by atoms with van der Waals surface area (Å²) in [6.07, 6.45) is 1.69. The summed E-state index contributed by atoms with van der Waals surface area (Å²) in [5, 5.41) is 0.827. The number of rotatable bonds is 3. The molecule has 0 N–H and O–H groups in total. The molecule has 4 rings (SSSR count). The predicted molar refractivity (Wildman–Crippen MR) is 99.5 cm³/mol. The molecule has 3 aromatic carbocycles. The molecule has 0 unspecified atom stereocenters. The Morgan fingerprint density at radius 1 is 0.692 bits per heavy atom.